The van der Waals surface area contributed by atoms with Crippen molar-refractivity contribution in [3.63, 3.8) is 0 Å². The first-order valence-corrected chi connectivity index (χ1v) is 12.5. The smallest absolute Gasteiger partial charge is 0.357 e. The van der Waals surface area contributed by atoms with Gasteiger partial charge in [0.15, 0.2) is 5.78 Å². The Morgan fingerprint density at radius 2 is 1.44 bits per heavy atom. The third-order valence-corrected chi connectivity index (χ3v) is 7.24. The van der Waals surface area contributed by atoms with E-state index in [4.69, 9.17) is 9.05 Å². The summed E-state index contributed by atoms with van der Waals surface area (Å²) in [4.78, 5) is 12.8. The molecule has 0 amide bonds. The highest BCUT2D eigenvalue weighted by molar-refractivity contribution is 7.54. The van der Waals surface area contributed by atoms with Gasteiger partial charge in [-0.3, -0.25) is 14.7 Å². The minimum Gasteiger partial charge on any atom is -0.372 e. The molecule has 1 N–H and O–H groups in total. The van der Waals surface area contributed by atoms with E-state index in [1.807, 2.05) is 52.0 Å². The largest absolute Gasteiger partial charge is 0.372 e. The zero-order valence-corrected chi connectivity index (χ0v) is 20.5. The quantitative estimate of drug-likeness (QED) is 0.215. The van der Waals surface area contributed by atoms with Crippen molar-refractivity contribution < 1.29 is 18.5 Å². The van der Waals surface area contributed by atoms with Crippen LogP contribution in [0, 0.1) is 10.1 Å². The molecule has 2 rings (SSSR count). The van der Waals surface area contributed by atoms with Crippen LogP contribution in [0.4, 0.5) is 17.1 Å². The molecule has 8 nitrogen and oxygen atoms in total. The number of rotatable bonds is 12. The standard InChI is InChI=1S/C23H34N3O5P/c1-7-25(8-2)21-13-9-19(10-14-21)23(32(29,30-17(3)4)31-18(5)6)24-20-11-15-22(16-12-20)26(27)28/h9-18,23-24H,7-8H2,1-6H3. The number of hydrogen-bond acceptors (Lipinski definition) is 7. The highest BCUT2D eigenvalue weighted by Gasteiger charge is 2.39. The maximum atomic E-state index is 14.0. The molecule has 0 aromatic heterocycles. The molecule has 32 heavy (non-hydrogen) atoms. The molecule has 0 aliphatic heterocycles. The average Bonchev–Trinajstić information content (AvgIpc) is 2.72. The van der Waals surface area contributed by atoms with E-state index >= 15 is 0 Å². The van der Waals surface area contributed by atoms with E-state index < -0.39 is 18.3 Å². The maximum absolute atomic E-state index is 14.0. The van der Waals surface area contributed by atoms with Crippen molar-refractivity contribution >= 4 is 24.7 Å². The van der Waals surface area contributed by atoms with Crippen molar-refractivity contribution in [2.45, 2.75) is 59.5 Å². The zero-order chi connectivity index (χ0) is 23.9. The molecule has 0 aliphatic carbocycles. The summed E-state index contributed by atoms with van der Waals surface area (Å²) in [5, 5.41) is 14.2. The number of nitro groups is 1. The summed E-state index contributed by atoms with van der Waals surface area (Å²) in [6.45, 7) is 13.2. The van der Waals surface area contributed by atoms with E-state index in [2.05, 4.69) is 24.1 Å². The first-order chi connectivity index (χ1) is 15.1. The lowest BCUT2D eigenvalue weighted by Gasteiger charge is -2.31. The van der Waals surface area contributed by atoms with Gasteiger partial charge in [-0.25, -0.2) is 0 Å². The molecule has 0 saturated carbocycles. The molecule has 1 unspecified atom stereocenters. The summed E-state index contributed by atoms with van der Waals surface area (Å²) in [6.07, 6.45) is -0.647. The van der Waals surface area contributed by atoms with Crippen LogP contribution in [0.25, 0.3) is 0 Å². The van der Waals surface area contributed by atoms with Crippen LogP contribution in [-0.2, 0) is 13.6 Å². The topological polar surface area (TPSA) is 93.9 Å². The summed E-state index contributed by atoms with van der Waals surface area (Å²) in [5.74, 6) is -0.792. The Morgan fingerprint density at radius 3 is 1.84 bits per heavy atom. The second-order valence-corrected chi connectivity index (χ2v) is 9.98. The highest BCUT2D eigenvalue weighted by atomic mass is 31.2. The van der Waals surface area contributed by atoms with E-state index in [1.165, 1.54) is 12.1 Å². The lowest BCUT2D eigenvalue weighted by atomic mass is 10.1. The molecule has 0 bridgehead atoms. The van der Waals surface area contributed by atoms with Crippen LogP contribution in [0.2, 0.25) is 0 Å². The molecule has 0 saturated heterocycles. The molecule has 0 spiro atoms. The predicted molar refractivity (Wildman–Crippen MR) is 130 cm³/mol. The molecule has 0 radical (unpaired) electrons. The minimum absolute atomic E-state index is 0.0179. The second kappa shape index (κ2) is 11.5. The van der Waals surface area contributed by atoms with Gasteiger partial charge < -0.3 is 19.3 Å². The molecule has 0 aliphatic rings. The lowest BCUT2D eigenvalue weighted by molar-refractivity contribution is -0.384. The fraction of sp³-hybridized carbons (Fsp3) is 0.478. The molecule has 2 aromatic carbocycles. The van der Waals surface area contributed by atoms with Crippen LogP contribution in [0.15, 0.2) is 48.5 Å². The third kappa shape index (κ3) is 6.79. The van der Waals surface area contributed by atoms with Gasteiger partial charge in [-0.05, 0) is 71.4 Å². The Labute approximate surface area is 190 Å². The fourth-order valence-corrected chi connectivity index (χ4v) is 5.69. The summed E-state index contributed by atoms with van der Waals surface area (Å²) >= 11 is 0. The molecule has 2 aromatic rings. The normalized spacial score (nSPS) is 12.8. The first kappa shape index (κ1) is 25.8. The molecule has 9 heteroatoms. The minimum atomic E-state index is -3.67. The number of nitrogens with one attached hydrogen (secondary N) is 1. The Balaban J connectivity index is 2.49. The van der Waals surface area contributed by atoms with E-state index in [-0.39, 0.29) is 17.9 Å². The van der Waals surface area contributed by atoms with Crippen molar-refractivity contribution in [1.29, 1.82) is 0 Å². The molecule has 0 heterocycles. The summed E-state index contributed by atoms with van der Waals surface area (Å²) < 4.78 is 25.8. The molecular weight excluding hydrogens is 429 g/mol. The fourth-order valence-electron chi connectivity index (χ4n) is 3.37. The van der Waals surface area contributed by atoms with Crippen LogP contribution in [0.1, 0.15) is 52.9 Å². The number of nitro benzene ring substituents is 1. The summed E-state index contributed by atoms with van der Waals surface area (Å²) in [6, 6.07) is 13.8. The van der Waals surface area contributed by atoms with Gasteiger partial charge in [0, 0.05) is 36.6 Å². The number of non-ortho nitro benzene ring substituents is 1. The van der Waals surface area contributed by atoms with Gasteiger partial charge in [0.1, 0.15) is 0 Å². The van der Waals surface area contributed by atoms with Crippen LogP contribution < -0.4 is 10.2 Å². The van der Waals surface area contributed by atoms with Crippen LogP contribution in [0.5, 0.6) is 0 Å². The number of benzene rings is 2. The van der Waals surface area contributed by atoms with Gasteiger partial charge in [-0.2, -0.15) is 0 Å². The molecule has 0 fully saturated rings. The van der Waals surface area contributed by atoms with Crippen molar-refractivity contribution in [3.05, 3.63) is 64.2 Å². The number of hydrogen-bond donors (Lipinski definition) is 1. The van der Waals surface area contributed by atoms with E-state index in [0.29, 0.717) is 5.69 Å². The summed E-state index contributed by atoms with van der Waals surface area (Å²) in [7, 11) is -3.67. The van der Waals surface area contributed by atoms with Crippen molar-refractivity contribution in [2.75, 3.05) is 23.3 Å². The summed E-state index contributed by atoms with van der Waals surface area (Å²) in [5.41, 5.74) is 2.37. The zero-order valence-electron chi connectivity index (χ0n) is 19.6. The average molecular weight is 464 g/mol. The Morgan fingerprint density at radius 1 is 0.938 bits per heavy atom. The van der Waals surface area contributed by atoms with Gasteiger partial charge in [0.05, 0.1) is 17.1 Å². The van der Waals surface area contributed by atoms with Crippen molar-refractivity contribution in [2.24, 2.45) is 0 Å². The van der Waals surface area contributed by atoms with E-state index in [9.17, 15) is 14.7 Å². The maximum Gasteiger partial charge on any atom is 0.357 e. The lowest BCUT2D eigenvalue weighted by Crippen LogP contribution is -2.22. The SMILES string of the molecule is CCN(CC)c1ccc(C(Nc2ccc([N+](=O)[O-])cc2)P(=O)(OC(C)C)OC(C)C)cc1. The third-order valence-electron chi connectivity index (χ3n) is 4.75. The van der Waals surface area contributed by atoms with Crippen LogP contribution in [-0.4, -0.2) is 30.2 Å². The van der Waals surface area contributed by atoms with Crippen LogP contribution >= 0.6 is 7.60 Å². The molecular formula is C23H34N3O5P. The van der Waals surface area contributed by atoms with Gasteiger partial charge in [0.2, 0.25) is 0 Å². The molecule has 176 valence electrons. The van der Waals surface area contributed by atoms with E-state index in [0.717, 1.165) is 24.3 Å². The van der Waals surface area contributed by atoms with Gasteiger partial charge >= 0.3 is 7.60 Å². The number of anilines is 2. The Bertz CT molecular complexity index is 898. The van der Waals surface area contributed by atoms with Crippen molar-refractivity contribution in [1.82, 2.24) is 0 Å². The second-order valence-electron chi connectivity index (χ2n) is 7.96. The van der Waals surface area contributed by atoms with E-state index in [1.54, 1.807) is 12.1 Å². The van der Waals surface area contributed by atoms with Crippen LogP contribution in [0.3, 0.4) is 0 Å². The first-order valence-electron chi connectivity index (χ1n) is 10.9. The van der Waals surface area contributed by atoms with Gasteiger partial charge in [0.25, 0.3) is 5.69 Å². The molecule has 1 atom stereocenters. The number of nitrogens with zero attached hydrogens (tertiary/aromatic N) is 2. The van der Waals surface area contributed by atoms with Crippen molar-refractivity contribution in [3.8, 4) is 0 Å². The monoisotopic (exact) mass is 463 g/mol. The van der Waals surface area contributed by atoms with Gasteiger partial charge in [-0.15, -0.1) is 0 Å². The Hall–Kier alpha value is -2.41. The Kier molecular flexibility index (Phi) is 9.25. The van der Waals surface area contributed by atoms with Gasteiger partial charge in [-0.1, -0.05) is 12.1 Å². The predicted octanol–water partition coefficient (Wildman–Crippen LogP) is 6.59. The highest BCUT2D eigenvalue weighted by Crippen LogP contribution is 2.62.